The van der Waals surface area contributed by atoms with Crippen molar-refractivity contribution >= 4 is 21.6 Å². The minimum absolute atomic E-state index is 0.0823. The van der Waals surface area contributed by atoms with Gasteiger partial charge < -0.3 is 9.42 Å². The van der Waals surface area contributed by atoms with Crippen LogP contribution in [-0.2, 0) is 21.4 Å². The maximum absolute atomic E-state index is 13.1. The van der Waals surface area contributed by atoms with E-state index in [1.165, 1.54) is 4.31 Å². The van der Waals surface area contributed by atoms with Crippen LogP contribution < -0.4 is 4.90 Å². The zero-order valence-corrected chi connectivity index (χ0v) is 18.9. The number of sulfonamides is 1. The van der Waals surface area contributed by atoms with Crippen LogP contribution in [0.25, 0.3) is 11.4 Å². The van der Waals surface area contributed by atoms with Crippen LogP contribution in [0.5, 0.6) is 0 Å². The van der Waals surface area contributed by atoms with Crippen molar-refractivity contribution in [1.29, 1.82) is 0 Å². The molecular formula is C23H25N5O4S. The quantitative estimate of drug-likeness (QED) is 0.549. The Balaban J connectivity index is 1.19. The van der Waals surface area contributed by atoms with Crippen LogP contribution in [-0.4, -0.2) is 66.4 Å². The van der Waals surface area contributed by atoms with Crippen LogP contribution in [0.3, 0.4) is 0 Å². The predicted molar refractivity (Wildman–Crippen MR) is 122 cm³/mol. The lowest BCUT2D eigenvalue weighted by Crippen LogP contribution is -2.48. The van der Waals surface area contributed by atoms with Gasteiger partial charge in [0.05, 0.1) is 11.4 Å². The Morgan fingerprint density at radius 3 is 2.30 bits per heavy atom. The van der Waals surface area contributed by atoms with E-state index in [1.807, 2.05) is 30.3 Å². The molecule has 2 aromatic carbocycles. The van der Waals surface area contributed by atoms with Crippen LogP contribution in [0.4, 0.5) is 5.69 Å². The molecule has 2 fully saturated rings. The lowest BCUT2D eigenvalue weighted by molar-refractivity contribution is -0.117. The monoisotopic (exact) mass is 467 g/mol. The van der Waals surface area contributed by atoms with E-state index in [1.54, 1.807) is 29.2 Å². The Labute approximate surface area is 192 Å². The van der Waals surface area contributed by atoms with Crippen molar-refractivity contribution in [2.24, 2.45) is 0 Å². The molecule has 0 aliphatic carbocycles. The van der Waals surface area contributed by atoms with E-state index < -0.39 is 10.0 Å². The molecule has 0 saturated carbocycles. The van der Waals surface area contributed by atoms with Gasteiger partial charge in [-0.2, -0.15) is 9.29 Å². The summed E-state index contributed by atoms with van der Waals surface area (Å²) in [6, 6.07) is 16.2. The molecule has 0 unspecified atom stereocenters. The molecule has 0 spiro atoms. The SMILES string of the molecule is O=C1CCCN1c1ccc(S(=O)(=O)N2CCN(Cc3nc(-c4ccccc4)no3)CC2)cc1. The Kier molecular flexibility index (Phi) is 5.96. The Hall–Kier alpha value is -3.08. The summed E-state index contributed by atoms with van der Waals surface area (Å²) >= 11 is 0. The lowest BCUT2D eigenvalue weighted by Gasteiger charge is -2.33. The number of carbonyl (C=O) groups is 1. The second kappa shape index (κ2) is 9.05. The van der Waals surface area contributed by atoms with Gasteiger partial charge in [0, 0.05) is 50.4 Å². The van der Waals surface area contributed by atoms with Crippen LogP contribution in [0.15, 0.2) is 64.0 Å². The maximum Gasteiger partial charge on any atom is 0.243 e. The fourth-order valence-electron chi connectivity index (χ4n) is 4.21. The van der Waals surface area contributed by atoms with Gasteiger partial charge in [-0.1, -0.05) is 35.5 Å². The molecule has 2 saturated heterocycles. The molecule has 10 heteroatoms. The van der Waals surface area contributed by atoms with Crippen molar-refractivity contribution in [1.82, 2.24) is 19.3 Å². The highest BCUT2D eigenvalue weighted by molar-refractivity contribution is 7.89. The summed E-state index contributed by atoms with van der Waals surface area (Å²) in [6.45, 7) is 3.07. The third-order valence-corrected chi connectivity index (χ3v) is 7.96. The summed E-state index contributed by atoms with van der Waals surface area (Å²) in [5, 5.41) is 4.04. The second-order valence-corrected chi connectivity index (χ2v) is 10.1. The largest absolute Gasteiger partial charge is 0.338 e. The molecular weight excluding hydrogens is 442 g/mol. The van der Waals surface area contributed by atoms with Gasteiger partial charge in [0.1, 0.15) is 0 Å². The van der Waals surface area contributed by atoms with Crippen LogP contribution in [0.2, 0.25) is 0 Å². The summed E-state index contributed by atoms with van der Waals surface area (Å²) in [6.07, 6.45) is 1.38. The van der Waals surface area contributed by atoms with Gasteiger partial charge in [-0.05, 0) is 30.7 Å². The summed E-state index contributed by atoms with van der Waals surface area (Å²) in [4.78, 5) is 20.4. The number of piperazine rings is 1. The van der Waals surface area contributed by atoms with Gasteiger partial charge in [0.2, 0.25) is 27.6 Å². The molecule has 33 heavy (non-hydrogen) atoms. The number of amides is 1. The second-order valence-electron chi connectivity index (χ2n) is 8.20. The standard InChI is InChI=1S/C23H25N5O4S/c29-22-7-4-12-28(22)19-8-10-20(11-9-19)33(30,31)27-15-13-26(14-16-27)17-21-24-23(25-32-21)18-5-2-1-3-6-18/h1-3,5-6,8-11H,4,7,12-17H2. The molecule has 3 aromatic rings. The average Bonchev–Trinajstić information content (AvgIpc) is 3.49. The molecule has 2 aliphatic heterocycles. The average molecular weight is 468 g/mol. The Bertz CT molecular complexity index is 1220. The molecule has 0 N–H and O–H groups in total. The van der Waals surface area contributed by atoms with Gasteiger partial charge in [-0.25, -0.2) is 8.42 Å². The zero-order chi connectivity index (χ0) is 22.8. The molecule has 0 atom stereocenters. The third-order valence-electron chi connectivity index (χ3n) is 6.05. The minimum atomic E-state index is -3.59. The van der Waals surface area contributed by atoms with E-state index in [2.05, 4.69) is 15.0 Å². The molecule has 1 aromatic heterocycles. The predicted octanol–water partition coefficient (Wildman–Crippen LogP) is 2.37. The number of hydrogen-bond donors (Lipinski definition) is 0. The first-order valence-electron chi connectivity index (χ1n) is 11.0. The van der Waals surface area contributed by atoms with Crippen LogP contribution in [0, 0.1) is 0 Å². The van der Waals surface area contributed by atoms with E-state index in [-0.39, 0.29) is 10.8 Å². The van der Waals surface area contributed by atoms with E-state index in [0.717, 1.165) is 17.7 Å². The van der Waals surface area contributed by atoms with Crippen molar-refractivity contribution in [2.45, 2.75) is 24.3 Å². The fourth-order valence-corrected chi connectivity index (χ4v) is 5.63. The number of hydrogen-bond acceptors (Lipinski definition) is 7. The van der Waals surface area contributed by atoms with Gasteiger partial charge in [-0.15, -0.1) is 0 Å². The molecule has 172 valence electrons. The molecule has 0 bridgehead atoms. The highest BCUT2D eigenvalue weighted by Crippen LogP contribution is 2.25. The summed E-state index contributed by atoms with van der Waals surface area (Å²) < 4.78 is 33.1. The van der Waals surface area contributed by atoms with Gasteiger partial charge in [-0.3, -0.25) is 9.69 Å². The van der Waals surface area contributed by atoms with Crippen LogP contribution in [0.1, 0.15) is 18.7 Å². The van der Waals surface area contributed by atoms with Crippen molar-refractivity contribution in [3.8, 4) is 11.4 Å². The highest BCUT2D eigenvalue weighted by Gasteiger charge is 2.30. The molecule has 5 rings (SSSR count). The lowest BCUT2D eigenvalue weighted by atomic mass is 10.2. The molecule has 0 radical (unpaired) electrons. The zero-order valence-electron chi connectivity index (χ0n) is 18.1. The Morgan fingerprint density at radius 1 is 0.909 bits per heavy atom. The number of nitrogens with zero attached hydrogens (tertiary/aromatic N) is 5. The molecule has 2 aliphatic rings. The molecule has 3 heterocycles. The summed E-state index contributed by atoms with van der Waals surface area (Å²) in [5.41, 5.74) is 1.64. The summed E-state index contributed by atoms with van der Waals surface area (Å²) in [7, 11) is -3.59. The van der Waals surface area contributed by atoms with Crippen LogP contribution >= 0.6 is 0 Å². The number of anilines is 1. The maximum atomic E-state index is 13.1. The number of rotatable bonds is 6. The van der Waals surface area contributed by atoms with E-state index in [9.17, 15) is 13.2 Å². The Morgan fingerprint density at radius 2 is 1.64 bits per heavy atom. The molecule has 9 nitrogen and oxygen atoms in total. The van der Waals surface area contributed by atoms with Crippen molar-refractivity contribution < 1.29 is 17.7 Å². The number of aromatic nitrogens is 2. The van der Waals surface area contributed by atoms with Crippen molar-refractivity contribution in [3.63, 3.8) is 0 Å². The van der Waals surface area contributed by atoms with E-state index in [4.69, 9.17) is 4.52 Å². The third kappa shape index (κ3) is 4.54. The summed E-state index contributed by atoms with van der Waals surface area (Å²) in [5.74, 6) is 1.14. The van der Waals surface area contributed by atoms with Crippen molar-refractivity contribution in [3.05, 3.63) is 60.5 Å². The first-order chi connectivity index (χ1) is 16.0. The van der Waals surface area contributed by atoms with E-state index >= 15 is 0 Å². The fraction of sp³-hybridized carbons (Fsp3) is 0.348. The number of benzene rings is 2. The normalized spacial score (nSPS) is 18.2. The minimum Gasteiger partial charge on any atom is -0.338 e. The van der Waals surface area contributed by atoms with Gasteiger partial charge >= 0.3 is 0 Å². The topological polar surface area (TPSA) is 99.9 Å². The van der Waals surface area contributed by atoms with Gasteiger partial charge in [0.15, 0.2) is 0 Å². The number of carbonyl (C=O) groups excluding carboxylic acids is 1. The van der Waals surface area contributed by atoms with Crippen molar-refractivity contribution in [2.75, 3.05) is 37.6 Å². The molecule has 1 amide bonds. The first kappa shape index (κ1) is 21.7. The van der Waals surface area contributed by atoms with Gasteiger partial charge in [0.25, 0.3) is 0 Å². The highest BCUT2D eigenvalue weighted by atomic mass is 32.2. The first-order valence-corrected chi connectivity index (χ1v) is 12.5. The van der Waals surface area contributed by atoms with E-state index in [0.29, 0.717) is 57.4 Å². The smallest absolute Gasteiger partial charge is 0.243 e.